The van der Waals surface area contributed by atoms with Crippen LogP contribution in [0.1, 0.15) is 12.0 Å². The molecule has 0 fully saturated rings. The van der Waals surface area contributed by atoms with E-state index in [1.165, 1.54) is 0 Å². The predicted octanol–water partition coefficient (Wildman–Crippen LogP) is 1.38. The topological polar surface area (TPSA) is 118 Å². The summed E-state index contributed by atoms with van der Waals surface area (Å²) in [7, 11) is 0. The van der Waals surface area contributed by atoms with Crippen molar-refractivity contribution in [3.8, 4) is 6.07 Å². The monoisotopic (exact) mass is 300 g/mol. The Balaban J connectivity index is 2.14. The van der Waals surface area contributed by atoms with Crippen LogP contribution in [0.2, 0.25) is 0 Å². The lowest BCUT2D eigenvalue weighted by molar-refractivity contribution is -0.122. The number of H-pyrrole nitrogens is 1. The first-order valence-electron chi connectivity index (χ1n) is 6.81. The molecule has 1 aromatic carbocycles. The molecule has 0 saturated heterocycles. The van der Waals surface area contributed by atoms with Gasteiger partial charge in [-0.3, -0.25) is 4.79 Å². The fourth-order valence-electron chi connectivity index (χ4n) is 2.24. The summed E-state index contributed by atoms with van der Waals surface area (Å²) in [6.07, 6.45) is 0.914. The summed E-state index contributed by atoms with van der Waals surface area (Å²) in [6.45, 7) is 0.195. The molecular weight excluding hydrogens is 284 g/mol. The number of amides is 2. The van der Waals surface area contributed by atoms with Gasteiger partial charge in [0.25, 0.3) is 0 Å². The molecule has 4 N–H and O–H groups in total. The second kappa shape index (κ2) is 7.13. The maximum absolute atomic E-state index is 12.1. The van der Waals surface area contributed by atoms with Crippen molar-refractivity contribution in [1.29, 1.82) is 5.26 Å². The van der Waals surface area contributed by atoms with Gasteiger partial charge in [0, 0.05) is 30.1 Å². The molecule has 2 amide bonds. The van der Waals surface area contributed by atoms with Gasteiger partial charge in [-0.05, 0) is 11.6 Å². The van der Waals surface area contributed by atoms with Crippen LogP contribution in [0.25, 0.3) is 10.9 Å². The normalized spacial score (nSPS) is 11.6. The Hall–Kier alpha value is -3.01. The van der Waals surface area contributed by atoms with Crippen LogP contribution in [0.4, 0.5) is 4.79 Å². The Labute approximate surface area is 126 Å². The molecule has 7 nitrogen and oxygen atoms in total. The number of nitriles is 1. The van der Waals surface area contributed by atoms with Crippen LogP contribution in [0.5, 0.6) is 0 Å². The molecule has 0 spiro atoms. The number of fused-ring (bicyclic) bond motifs is 1. The van der Waals surface area contributed by atoms with Crippen LogP contribution >= 0.6 is 0 Å². The lowest BCUT2D eigenvalue weighted by Gasteiger charge is -2.16. The van der Waals surface area contributed by atoms with E-state index in [9.17, 15) is 9.59 Å². The fraction of sp³-hybridized carbons (Fsp3) is 0.267. The Bertz CT molecular complexity index is 717. The molecule has 0 radical (unpaired) electrons. The molecule has 114 valence electrons. The van der Waals surface area contributed by atoms with Crippen molar-refractivity contribution in [1.82, 2.24) is 15.6 Å². The number of hydrogen-bond acceptors (Lipinski definition) is 3. The number of aromatic amines is 1. The van der Waals surface area contributed by atoms with Gasteiger partial charge in [-0.2, -0.15) is 5.26 Å². The molecule has 0 aliphatic heterocycles. The minimum atomic E-state index is -1.26. The number of hydrogen-bond donors (Lipinski definition) is 4. The minimum absolute atomic E-state index is 0.179. The Morgan fingerprint density at radius 2 is 2.14 bits per heavy atom. The molecule has 0 aliphatic rings. The largest absolute Gasteiger partial charge is 0.465 e. The average Bonchev–Trinajstić information content (AvgIpc) is 2.90. The number of rotatable bonds is 6. The zero-order valence-corrected chi connectivity index (χ0v) is 11.8. The summed E-state index contributed by atoms with van der Waals surface area (Å²) in [6, 6.07) is 8.60. The van der Waals surface area contributed by atoms with Gasteiger partial charge in [0.1, 0.15) is 6.04 Å². The third-order valence-electron chi connectivity index (χ3n) is 3.25. The van der Waals surface area contributed by atoms with Gasteiger partial charge in [0.15, 0.2) is 0 Å². The van der Waals surface area contributed by atoms with E-state index in [0.717, 1.165) is 16.5 Å². The van der Waals surface area contributed by atoms with Gasteiger partial charge < -0.3 is 20.7 Å². The number of nitrogens with zero attached hydrogens (tertiary/aromatic N) is 1. The molecular formula is C15H16N4O3. The van der Waals surface area contributed by atoms with Crippen LogP contribution in [-0.4, -0.2) is 34.7 Å². The molecule has 22 heavy (non-hydrogen) atoms. The van der Waals surface area contributed by atoms with Gasteiger partial charge in [-0.1, -0.05) is 18.2 Å². The lowest BCUT2D eigenvalue weighted by atomic mass is 10.0. The summed E-state index contributed by atoms with van der Waals surface area (Å²) in [5.41, 5.74) is 1.78. The van der Waals surface area contributed by atoms with E-state index in [0.29, 0.717) is 0 Å². The van der Waals surface area contributed by atoms with Crippen molar-refractivity contribution >= 4 is 22.9 Å². The zero-order valence-electron chi connectivity index (χ0n) is 11.8. The van der Waals surface area contributed by atoms with E-state index in [2.05, 4.69) is 15.6 Å². The molecule has 7 heteroatoms. The number of benzene rings is 1. The van der Waals surface area contributed by atoms with Crippen molar-refractivity contribution in [2.45, 2.75) is 18.9 Å². The molecule has 0 bridgehead atoms. The van der Waals surface area contributed by atoms with E-state index in [1.54, 1.807) is 6.20 Å². The van der Waals surface area contributed by atoms with Gasteiger partial charge in [-0.25, -0.2) is 4.79 Å². The Morgan fingerprint density at radius 1 is 1.36 bits per heavy atom. The summed E-state index contributed by atoms with van der Waals surface area (Å²) < 4.78 is 0. The number of aromatic nitrogens is 1. The molecule has 2 aromatic rings. The first-order chi connectivity index (χ1) is 10.6. The summed E-state index contributed by atoms with van der Waals surface area (Å²) in [4.78, 5) is 26.0. The van der Waals surface area contributed by atoms with E-state index in [1.807, 2.05) is 30.3 Å². The highest BCUT2D eigenvalue weighted by molar-refractivity contribution is 5.88. The quantitative estimate of drug-likeness (QED) is 0.603. The van der Waals surface area contributed by atoms with Gasteiger partial charge in [0.2, 0.25) is 5.91 Å². The number of carboxylic acid groups (broad SMARTS) is 1. The highest BCUT2D eigenvalue weighted by Gasteiger charge is 2.21. The van der Waals surface area contributed by atoms with Crippen molar-refractivity contribution in [2.75, 3.05) is 6.54 Å². The first-order valence-corrected chi connectivity index (χ1v) is 6.81. The highest BCUT2D eigenvalue weighted by atomic mass is 16.4. The fourth-order valence-corrected chi connectivity index (χ4v) is 2.24. The summed E-state index contributed by atoms with van der Waals surface area (Å²) in [5.74, 6) is -0.442. The van der Waals surface area contributed by atoms with E-state index < -0.39 is 18.0 Å². The van der Waals surface area contributed by atoms with Crippen LogP contribution in [-0.2, 0) is 11.2 Å². The molecule has 1 atom stereocenters. The Morgan fingerprint density at radius 3 is 2.86 bits per heavy atom. The number of carbonyl (C=O) groups excluding carboxylic acids is 1. The highest BCUT2D eigenvalue weighted by Crippen LogP contribution is 2.19. The van der Waals surface area contributed by atoms with Gasteiger partial charge in [-0.15, -0.1) is 0 Å². The maximum Gasteiger partial charge on any atom is 0.405 e. The number of para-hydroxylation sites is 1. The van der Waals surface area contributed by atoms with Crippen molar-refractivity contribution < 1.29 is 14.7 Å². The third kappa shape index (κ3) is 3.76. The standard InChI is InChI=1S/C15H16N4O3/c16-6-3-7-17-14(20)13(19-15(21)22)8-10-9-18-12-5-2-1-4-11(10)12/h1-2,4-5,9,13,18-19H,3,7-8H2,(H,17,20)(H,21,22). The van der Waals surface area contributed by atoms with Gasteiger partial charge in [0.05, 0.1) is 12.5 Å². The SMILES string of the molecule is N#CCCNC(=O)C(Cc1c[nH]c2ccccc12)NC(=O)O. The second-order valence-electron chi connectivity index (χ2n) is 4.76. The van der Waals surface area contributed by atoms with E-state index in [-0.39, 0.29) is 19.4 Å². The van der Waals surface area contributed by atoms with E-state index in [4.69, 9.17) is 10.4 Å². The molecule has 1 heterocycles. The predicted molar refractivity (Wildman–Crippen MR) is 80.2 cm³/mol. The first kappa shape index (κ1) is 15.4. The summed E-state index contributed by atoms with van der Waals surface area (Å²) in [5, 5.41) is 23.1. The third-order valence-corrected chi connectivity index (χ3v) is 3.25. The summed E-state index contributed by atoms with van der Waals surface area (Å²) >= 11 is 0. The minimum Gasteiger partial charge on any atom is -0.465 e. The molecule has 1 aromatic heterocycles. The van der Waals surface area contributed by atoms with E-state index >= 15 is 0 Å². The van der Waals surface area contributed by atoms with Crippen LogP contribution < -0.4 is 10.6 Å². The Kier molecular flexibility index (Phi) is 4.98. The molecule has 0 aliphatic carbocycles. The molecule has 0 saturated carbocycles. The van der Waals surface area contributed by atoms with Crippen molar-refractivity contribution in [3.05, 3.63) is 36.0 Å². The lowest BCUT2D eigenvalue weighted by Crippen LogP contribution is -2.47. The zero-order chi connectivity index (χ0) is 15.9. The number of carbonyl (C=O) groups is 2. The van der Waals surface area contributed by atoms with Crippen LogP contribution in [0, 0.1) is 11.3 Å². The number of nitrogens with one attached hydrogen (secondary N) is 3. The van der Waals surface area contributed by atoms with Gasteiger partial charge >= 0.3 is 6.09 Å². The average molecular weight is 300 g/mol. The van der Waals surface area contributed by atoms with Crippen molar-refractivity contribution in [2.24, 2.45) is 0 Å². The van der Waals surface area contributed by atoms with Crippen LogP contribution in [0.3, 0.4) is 0 Å². The van der Waals surface area contributed by atoms with Crippen LogP contribution in [0.15, 0.2) is 30.5 Å². The van der Waals surface area contributed by atoms with Crippen molar-refractivity contribution in [3.63, 3.8) is 0 Å². The maximum atomic E-state index is 12.1. The molecule has 1 unspecified atom stereocenters. The molecule has 2 rings (SSSR count). The smallest absolute Gasteiger partial charge is 0.405 e. The second-order valence-corrected chi connectivity index (χ2v) is 4.76.